The molecule has 0 fully saturated rings. The van der Waals surface area contributed by atoms with E-state index in [1.165, 1.54) is 16.9 Å². The average molecular weight is 521 g/mol. The van der Waals surface area contributed by atoms with Gasteiger partial charge in [-0.05, 0) is 57.1 Å². The second kappa shape index (κ2) is 13.6. The van der Waals surface area contributed by atoms with Crippen LogP contribution in [0.3, 0.4) is 0 Å². The summed E-state index contributed by atoms with van der Waals surface area (Å²) in [5.41, 5.74) is 7.27. The van der Waals surface area contributed by atoms with E-state index in [4.69, 9.17) is 10.5 Å². The fourth-order valence-corrected chi connectivity index (χ4v) is 5.29. The van der Waals surface area contributed by atoms with Crippen LogP contribution >= 0.6 is 11.3 Å². The van der Waals surface area contributed by atoms with Gasteiger partial charge in [-0.3, -0.25) is 9.59 Å². The third-order valence-electron chi connectivity index (χ3n) is 7.41. The van der Waals surface area contributed by atoms with Crippen LogP contribution in [0.4, 0.5) is 0 Å². The van der Waals surface area contributed by atoms with Gasteiger partial charge in [-0.2, -0.15) is 0 Å². The Balaban J connectivity index is 2.35. The van der Waals surface area contributed by atoms with Crippen molar-refractivity contribution < 1.29 is 24.5 Å². The number of aromatic nitrogens is 1. The maximum Gasteiger partial charge on any atom is 0.309 e. The number of hydrogen-bond acceptors (Lipinski definition) is 8. The Bertz CT molecular complexity index is 951. The van der Waals surface area contributed by atoms with Crippen LogP contribution < -0.4 is 5.73 Å². The molecule has 5 atom stereocenters. The number of ether oxygens (including phenoxy) is 1. The van der Waals surface area contributed by atoms with Crippen molar-refractivity contribution in [2.45, 2.75) is 105 Å². The van der Waals surface area contributed by atoms with Crippen LogP contribution in [-0.2, 0) is 20.9 Å². The lowest BCUT2D eigenvalue weighted by Gasteiger charge is -2.35. The van der Waals surface area contributed by atoms with Gasteiger partial charge in [-0.1, -0.05) is 39.3 Å². The highest BCUT2D eigenvalue weighted by Crippen LogP contribution is 2.34. The first-order valence-electron chi connectivity index (χ1n) is 13.0. The van der Waals surface area contributed by atoms with Crippen LogP contribution in [-0.4, -0.2) is 45.3 Å². The number of carbonyl (C=O) groups excluding carboxylic acids is 2. The monoisotopic (exact) mass is 520 g/mol. The molecule has 7 nitrogen and oxygen atoms in total. The molecule has 1 aliphatic rings. The Morgan fingerprint density at radius 2 is 2.03 bits per heavy atom. The molecule has 8 heteroatoms. The summed E-state index contributed by atoms with van der Waals surface area (Å²) in [6, 6.07) is 0. The van der Waals surface area contributed by atoms with Crippen molar-refractivity contribution in [3.8, 4) is 0 Å². The molecular weight excluding hydrogens is 476 g/mol. The van der Waals surface area contributed by atoms with Crippen molar-refractivity contribution >= 4 is 29.2 Å². The predicted octanol–water partition coefficient (Wildman–Crippen LogP) is 4.81. The molecular formula is C28H44N2O5S. The first kappa shape index (κ1) is 30.4. The summed E-state index contributed by atoms with van der Waals surface area (Å²) in [6.45, 7) is 11.5. The zero-order chi connectivity index (χ0) is 27.0. The summed E-state index contributed by atoms with van der Waals surface area (Å²) in [4.78, 5) is 30.8. The molecule has 0 aromatic carbocycles. The molecule has 0 aliphatic carbocycles. The van der Waals surface area contributed by atoms with Crippen molar-refractivity contribution in [1.29, 1.82) is 0 Å². The zero-order valence-corrected chi connectivity index (χ0v) is 23.4. The summed E-state index contributed by atoms with van der Waals surface area (Å²) in [6.07, 6.45) is 4.67. The summed E-state index contributed by atoms with van der Waals surface area (Å²) < 4.78 is 5.84. The highest BCUT2D eigenvalue weighted by molar-refractivity contribution is 7.09. The highest BCUT2D eigenvalue weighted by Gasteiger charge is 2.43. The third kappa shape index (κ3) is 8.07. The molecule has 2 heterocycles. The number of Topliss-reactive ketones (excluding diaryl/α,β-unsaturated/α-hetero) is 1. The Morgan fingerprint density at radius 3 is 2.64 bits per heavy atom. The van der Waals surface area contributed by atoms with Gasteiger partial charge in [0.05, 0.1) is 29.7 Å². The van der Waals surface area contributed by atoms with Crippen molar-refractivity contribution in [1.82, 2.24) is 4.98 Å². The normalized spacial score (nSPS) is 31.0. The summed E-state index contributed by atoms with van der Waals surface area (Å²) >= 11 is 1.48. The number of hydrogen-bond donors (Lipinski definition) is 3. The van der Waals surface area contributed by atoms with Crippen LogP contribution in [0.1, 0.15) is 90.8 Å². The van der Waals surface area contributed by atoms with Crippen molar-refractivity contribution in [2.75, 3.05) is 0 Å². The standard InChI is InChI=1S/C28H44N2O5S/c1-7-21-26(33)18(3)10-8-9-17(2)11-12-22(19(4)13-20-16-36-24(15-29)30-20)35-25(32)14-23(31)28(5,6)27(21)34/h11,13,16,18,21-23,26,31,33H,7-10,12,14-15,29H2,1-6H3/b17-11-,19-13?/t18-,21+,22-,23-,26-/m0/s1. The number of nitrogens with zero attached hydrogens (tertiary/aromatic N) is 1. The minimum Gasteiger partial charge on any atom is -0.457 e. The summed E-state index contributed by atoms with van der Waals surface area (Å²) in [5.74, 6) is -1.44. The lowest BCUT2D eigenvalue weighted by atomic mass is 9.71. The Kier molecular flexibility index (Phi) is 11.5. The largest absolute Gasteiger partial charge is 0.457 e. The number of rotatable bonds is 4. The van der Waals surface area contributed by atoms with Gasteiger partial charge in [0.15, 0.2) is 0 Å². The number of aliphatic hydroxyl groups is 2. The maximum absolute atomic E-state index is 13.4. The van der Waals surface area contributed by atoms with Crippen molar-refractivity contribution in [2.24, 2.45) is 23.0 Å². The molecule has 0 saturated heterocycles. The second-order valence-electron chi connectivity index (χ2n) is 10.7. The van der Waals surface area contributed by atoms with E-state index in [0.29, 0.717) is 19.4 Å². The third-order valence-corrected chi connectivity index (χ3v) is 8.30. The molecule has 0 amide bonds. The lowest BCUT2D eigenvalue weighted by molar-refractivity contribution is -0.154. The average Bonchev–Trinajstić information content (AvgIpc) is 3.28. The SMILES string of the molecule is CC[C@H]1C(=O)C(C)(C)[C@@H](O)CC(=O)O[C@H](C(C)=Cc2csc(CN)n2)C/C=C(/C)CCC[C@H](C)[C@@H]1O. The summed E-state index contributed by atoms with van der Waals surface area (Å²) in [7, 11) is 0. The molecule has 36 heavy (non-hydrogen) atoms. The molecule has 202 valence electrons. The molecule has 0 saturated carbocycles. The van der Waals surface area contributed by atoms with E-state index in [2.05, 4.69) is 18.0 Å². The molecule has 1 aromatic heterocycles. The number of allylic oxidation sites excluding steroid dienone is 1. The fraction of sp³-hybridized carbons (Fsp3) is 0.679. The van der Waals surface area contributed by atoms with Crippen LogP contribution in [0.5, 0.6) is 0 Å². The van der Waals surface area contributed by atoms with Gasteiger partial charge in [-0.15, -0.1) is 11.3 Å². The van der Waals surface area contributed by atoms with Gasteiger partial charge < -0.3 is 20.7 Å². The van der Waals surface area contributed by atoms with E-state index in [0.717, 1.165) is 35.5 Å². The highest BCUT2D eigenvalue weighted by atomic mass is 32.1. The van der Waals surface area contributed by atoms with E-state index in [-0.39, 0.29) is 18.1 Å². The van der Waals surface area contributed by atoms with Gasteiger partial charge in [0.2, 0.25) is 0 Å². The van der Waals surface area contributed by atoms with Gasteiger partial charge >= 0.3 is 5.97 Å². The van der Waals surface area contributed by atoms with Gasteiger partial charge in [0.1, 0.15) is 16.9 Å². The number of esters is 1. The number of cyclic esters (lactones) is 1. The minimum absolute atomic E-state index is 0.0491. The van der Waals surface area contributed by atoms with Gasteiger partial charge in [0, 0.05) is 24.3 Å². The van der Waals surface area contributed by atoms with E-state index in [1.54, 1.807) is 13.8 Å². The minimum atomic E-state index is -1.23. The maximum atomic E-state index is 13.4. The summed E-state index contributed by atoms with van der Waals surface area (Å²) in [5, 5.41) is 24.6. The van der Waals surface area contributed by atoms with Crippen LogP contribution in [0.25, 0.3) is 6.08 Å². The topological polar surface area (TPSA) is 123 Å². The number of nitrogens with two attached hydrogens (primary N) is 1. The Hall–Kier alpha value is -1.87. The van der Waals surface area contributed by atoms with Crippen LogP contribution in [0, 0.1) is 17.3 Å². The number of thiazole rings is 1. The van der Waals surface area contributed by atoms with Crippen LogP contribution in [0.15, 0.2) is 22.6 Å². The van der Waals surface area contributed by atoms with E-state index < -0.39 is 35.6 Å². The number of aliphatic hydroxyl groups excluding tert-OH is 2. The second-order valence-corrected chi connectivity index (χ2v) is 11.6. The molecule has 0 radical (unpaired) electrons. The molecule has 2 rings (SSSR count). The molecule has 1 aromatic rings. The van der Waals surface area contributed by atoms with E-state index in [1.807, 2.05) is 32.2 Å². The quantitative estimate of drug-likeness (QED) is 0.385. The molecule has 0 spiro atoms. The Labute approximate surface area is 219 Å². The first-order valence-corrected chi connectivity index (χ1v) is 13.9. The van der Waals surface area contributed by atoms with Gasteiger partial charge in [0.25, 0.3) is 0 Å². The Morgan fingerprint density at radius 1 is 1.33 bits per heavy atom. The van der Waals surface area contributed by atoms with E-state index in [9.17, 15) is 19.8 Å². The number of carbonyl (C=O) groups is 2. The fourth-order valence-electron chi connectivity index (χ4n) is 4.66. The number of ketones is 1. The molecule has 0 unspecified atom stereocenters. The lowest BCUT2D eigenvalue weighted by Crippen LogP contribution is -2.46. The predicted molar refractivity (Wildman–Crippen MR) is 144 cm³/mol. The first-order chi connectivity index (χ1) is 16.9. The van der Waals surface area contributed by atoms with Crippen molar-refractivity contribution in [3.63, 3.8) is 0 Å². The molecule has 0 bridgehead atoms. The zero-order valence-electron chi connectivity index (χ0n) is 22.6. The van der Waals surface area contributed by atoms with E-state index >= 15 is 0 Å². The van der Waals surface area contributed by atoms with Crippen LogP contribution in [0.2, 0.25) is 0 Å². The molecule has 4 N–H and O–H groups in total. The van der Waals surface area contributed by atoms with Crippen molar-refractivity contribution in [3.05, 3.63) is 33.3 Å². The molecule has 1 aliphatic heterocycles. The smallest absolute Gasteiger partial charge is 0.309 e. The van der Waals surface area contributed by atoms with Gasteiger partial charge in [-0.25, -0.2) is 4.98 Å².